The molecular weight excluding hydrogens is 632 g/mol. The number of carboxylic acid groups (broad SMARTS) is 1. The first-order valence-corrected chi connectivity index (χ1v) is 16.5. The van der Waals surface area contributed by atoms with Crippen molar-refractivity contribution in [3.63, 3.8) is 0 Å². The van der Waals surface area contributed by atoms with Gasteiger partial charge in [-0.1, -0.05) is 17.7 Å². The first kappa shape index (κ1) is 33.6. The molecule has 1 fully saturated rings. The molecule has 0 bridgehead atoms. The van der Waals surface area contributed by atoms with Gasteiger partial charge in [-0.25, -0.2) is 13.6 Å². The molecule has 11 heteroatoms. The molecule has 5 rings (SSSR count). The zero-order valence-corrected chi connectivity index (χ0v) is 28.1. The molecule has 0 spiro atoms. The average Bonchev–Trinajstić information content (AvgIpc) is 3.38. The highest BCUT2D eigenvalue weighted by Crippen LogP contribution is 2.41. The van der Waals surface area contributed by atoms with Crippen molar-refractivity contribution in [3.05, 3.63) is 81.5 Å². The highest BCUT2D eigenvalue weighted by Gasteiger charge is 2.35. The van der Waals surface area contributed by atoms with Crippen molar-refractivity contribution in [1.82, 2.24) is 14.8 Å². The van der Waals surface area contributed by atoms with Gasteiger partial charge in [0.2, 0.25) is 0 Å². The minimum atomic E-state index is -0.957. The molecule has 1 aliphatic rings. The maximum atomic E-state index is 14.8. The van der Waals surface area contributed by atoms with Gasteiger partial charge in [0.05, 0.1) is 22.2 Å². The summed E-state index contributed by atoms with van der Waals surface area (Å²) in [5, 5.41) is 9.63. The third-order valence-corrected chi connectivity index (χ3v) is 10.4. The second-order valence-electron chi connectivity index (χ2n) is 12.9. The van der Waals surface area contributed by atoms with Crippen LogP contribution in [0.1, 0.15) is 67.4 Å². The molecule has 1 saturated carbocycles. The van der Waals surface area contributed by atoms with Crippen LogP contribution in [-0.2, 0) is 6.54 Å². The van der Waals surface area contributed by atoms with E-state index in [0.29, 0.717) is 38.0 Å². The predicted molar refractivity (Wildman–Crippen MR) is 178 cm³/mol. The summed E-state index contributed by atoms with van der Waals surface area (Å²) in [6, 6.07) is 11.5. The van der Waals surface area contributed by atoms with Crippen LogP contribution < -0.4 is 4.74 Å². The van der Waals surface area contributed by atoms with Crippen LogP contribution in [0.5, 0.6) is 5.75 Å². The summed E-state index contributed by atoms with van der Waals surface area (Å²) in [5.74, 6) is -1.01. The summed E-state index contributed by atoms with van der Waals surface area (Å²) in [4.78, 5) is 34.0. The van der Waals surface area contributed by atoms with Crippen molar-refractivity contribution in [2.45, 2.75) is 71.5 Å². The van der Waals surface area contributed by atoms with Crippen LogP contribution in [-0.4, -0.2) is 57.1 Å². The van der Waals surface area contributed by atoms with E-state index in [0.717, 1.165) is 45.9 Å². The molecule has 0 aliphatic heterocycles. The van der Waals surface area contributed by atoms with Crippen molar-refractivity contribution in [2.75, 3.05) is 13.7 Å². The number of methoxy groups -OCH3 is 1. The number of hydrogen-bond acceptors (Lipinski definition) is 5. The van der Waals surface area contributed by atoms with Crippen LogP contribution in [0, 0.1) is 24.5 Å². The normalized spacial score (nSPS) is 16.8. The number of carbonyl (C=O) groups is 2. The smallest absolute Gasteiger partial charge is 0.407 e. The molecule has 1 aliphatic carbocycles. The fourth-order valence-electron chi connectivity index (χ4n) is 6.26. The van der Waals surface area contributed by atoms with E-state index in [-0.39, 0.29) is 38.5 Å². The Bertz CT molecular complexity index is 1760. The minimum absolute atomic E-state index is 0.000542. The van der Waals surface area contributed by atoms with Crippen LogP contribution in [0.3, 0.4) is 0 Å². The lowest BCUT2D eigenvalue weighted by Gasteiger charge is -2.40. The molecule has 1 N–H and O–H groups in total. The van der Waals surface area contributed by atoms with Gasteiger partial charge in [0, 0.05) is 42.1 Å². The topological polar surface area (TPSA) is 83.0 Å². The zero-order valence-electron chi connectivity index (χ0n) is 26.6. The van der Waals surface area contributed by atoms with Gasteiger partial charge in [-0.3, -0.25) is 9.78 Å². The van der Waals surface area contributed by atoms with E-state index < -0.39 is 29.2 Å². The van der Waals surface area contributed by atoms with Crippen LogP contribution in [0.25, 0.3) is 21.2 Å². The van der Waals surface area contributed by atoms with Gasteiger partial charge >= 0.3 is 6.09 Å². The summed E-state index contributed by atoms with van der Waals surface area (Å²) in [5.41, 5.74) is 2.99. The van der Waals surface area contributed by atoms with Crippen LogP contribution >= 0.6 is 22.9 Å². The van der Waals surface area contributed by atoms with E-state index in [1.54, 1.807) is 18.2 Å². The first-order chi connectivity index (χ1) is 21.8. The molecular formula is C35H38ClF2N3O4S. The lowest BCUT2D eigenvalue weighted by atomic mass is 9.84. The summed E-state index contributed by atoms with van der Waals surface area (Å²) in [6.07, 6.45) is 3.48. The number of fused-ring (bicyclic) bond motifs is 1. The molecule has 0 saturated heterocycles. The molecule has 2 amide bonds. The van der Waals surface area contributed by atoms with Gasteiger partial charge in [-0.15, -0.1) is 11.3 Å². The number of thiophene rings is 1. The Morgan fingerprint density at radius 1 is 1.04 bits per heavy atom. The van der Waals surface area contributed by atoms with Gasteiger partial charge < -0.3 is 19.6 Å². The van der Waals surface area contributed by atoms with Gasteiger partial charge in [-0.05, 0) is 107 Å². The lowest BCUT2D eigenvalue weighted by molar-refractivity contribution is 0.0535. The molecule has 0 unspecified atom stereocenters. The van der Waals surface area contributed by atoms with E-state index in [4.69, 9.17) is 16.3 Å². The highest BCUT2D eigenvalue weighted by atomic mass is 35.5. The van der Waals surface area contributed by atoms with Crippen LogP contribution in [0.4, 0.5) is 13.6 Å². The molecule has 46 heavy (non-hydrogen) atoms. The number of benzene rings is 2. The molecule has 2 aromatic carbocycles. The number of halogens is 3. The molecule has 7 nitrogen and oxygen atoms in total. The number of ether oxygens (including phenoxy) is 1. The molecule has 244 valence electrons. The second kappa shape index (κ2) is 13.5. The SMILES string of the molecule is COc1ccc(-c2ccnc(C)c2)cc1CN(C(=O)c1sc2c(F)ccc(F)c2c1Cl)C1CCC(CN(C(=O)O)C(C)(C)C)CC1. The molecule has 4 aromatic rings. The third-order valence-electron chi connectivity index (χ3n) is 8.73. The Morgan fingerprint density at radius 2 is 1.72 bits per heavy atom. The largest absolute Gasteiger partial charge is 0.496 e. The minimum Gasteiger partial charge on any atom is -0.496 e. The lowest BCUT2D eigenvalue weighted by Crippen LogP contribution is -2.48. The van der Waals surface area contributed by atoms with Gasteiger partial charge in [-0.2, -0.15) is 0 Å². The van der Waals surface area contributed by atoms with Crippen molar-refractivity contribution in [2.24, 2.45) is 5.92 Å². The molecule has 2 aromatic heterocycles. The van der Waals surface area contributed by atoms with Gasteiger partial charge in [0.25, 0.3) is 5.91 Å². The molecule has 2 heterocycles. The van der Waals surface area contributed by atoms with E-state index in [2.05, 4.69) is 4.98 Å². The fraction of sp³-hybridized carbons (Fsp3) is 0.400. The number of carbonyl (C=O) groups excluding carboxylic acids is 1. The number of pyridine rings is 1. The molecule has 0 atom stereocenters. The van der Waals surface area contributed by atoms with Crippen molar-refractivity contribution < 1.29 is 28.2 Å². The number of hydrogen-bond donors (Lipinski definition) is 1. The molecule has 0 radical (unpaired) electrons. The maximum Gasteiger partial charge on any atom is 0.407 e. The van der Waals surface area contributed by atoms with Crippen molar-refractivity contribution in [1.29, 1.82) is 0 Å². The Morgan fingerprint density at radius 3 is 2.33 bits per heavy atom. The fourth-order valence-corrected chi connectivity index (χ4v) is 7.76. The van der Waals surface area contributed by atoms with E-state index >= 15 is 0 Å². The van der Waals surface area contributed by atoms with E-state index in [1.807, 2.05) is 58.0 Å². The number of aryl methyl sites for hydroxylation is 1. The van der Waals surface area contributed by atoms with Crippen LogP contribution in [0.15, 0.2) is 48.7 Å². The Labute approximate surface area is 276 Å². The first-order valence-electron chi connectivity index (χ1n) is 15.3. The monoisotopic (exact) mass is 669 g/mol. The number of rotatable bonds is 8. The summed E-state index contributed by atoms with van der Waals surface area (Å²) in [6.45, 7) is 8.13. The summed E-state index contributed by atoms with van der Waals surface area (Å²) < 4.78 is 35.2. The summed E-state index contributed by atoms with van der Waals surface area (Å²) in [7, 11) is 1.57. The second-order valence-corrected chi connectivity index (χ2v) is 14.3. The van der Waals surface area contributed by atoms with E-state index in [1.165, 1.54) is 4.90 Å². The Hall–Kier alpha value is -3.76. The van der Waals surface area contributed by atoms with Gasteiger partial charge in [0.15, 0.2) is 0 Å². The Kier molecular flexibility index (Phi) is 9.89. The standard InChI is InChI=1S/C35H38ClF2N3O4S/c1-20-16-23(14-15-39-20)22-8-13-28(45-5)24(17-22)19-40(25-9-6-21(7-10-25)18-41(34(43)44)35(2,3)4)33(42)32-30(36)29-26(37)11-12-27(38)31(29)46-32/h8,11-17,21,25H,6-7,9-10,18-19H2,1-5H3,(H,43,44). The average molecular weight is 670 g/mol. The highest BCUT2D eigenvalue weighted by molar-refractivity contribution is 7.21. The van der Waals surface area contributed by atoms with E-state index in [9.17, 15) is 23.5 Å². The maximum absolute atomic E-state index is 14.8. The third kappa shape index (κ3) is 6.98. The van der Waals surface area contributed by atoms with Gasteiger partial charge in [0.1, 0.15) is 22.3 Å². The predicted octanol–water partition coefficient (Wildman–Crippen LogP) is 9.19. The quantitative estimate of drug-likeness (QED) is 0.202. The van der Waals surface area contributed by atoms with Crippen LogP contribution in [0.2, 0.25) is 5.02 Å². The van der Waals surface area contributed by atoms with Crippen molar-refractivity contribution >= 4 is 45.0 Å². The number of aromatic nitrogens is 1. The number of nitrogens with zero attached hydrogens (tertiary/aromatic N) is 3. The zero-order chi connectivity index (χ0) is 33.3. The Balaban J connectivity index is 1.50. The number of amides is 2. The summed E-state index contributed by atoms with van der Waals surface area (Å²) >= 11 is 7.47. The van der Waals surface area contributed by atoms with Crippen molar-refractivity contribution in [3.8, 4) is 16.9 Å².